The molecule has 0 aliphatic carbocycles. The van der Waals surface area contributed by atoms with E-state index in [1.54, 1.807) is 0 Å². The maximum atomic E-state index is 0. The molecule has 0 N–H and O–H groups in total. The van der Waals surface area contributed by atoms with Crippen molar-refractivity contribution in [2.45, 2.75) is 0 Å². The summed E-state index contributed by atoms with van der Waals surface area (Å²) in [7, 11) is 0. The number of hydrogen-bond acceptors (Lipinski definition) is 0. The zero-order valence-electron chi connectivity index (χ0n) is 6.58. The monoisotopic (exact) mass is 83.0 g/mol. The van der Waals surface area contributed by atoms with E-state index >= 15 is 0 Å². The maximum Gasteiger partial charge on any atom is 1.00 e. The fourth-order valence-electron chi connectivity index (χ4n) is 0. The van der Waals surface area contributed by atoms with Crippen LogP contribution in [0.5, 0.6) is 0 Å². The van der Waals surface area contributed by atoms with Gasteiger partial charge in [0, 0.05) is 8.41 Å². The molecule has 4 heteroatoms. The van der Waals surface area contributed by atoms with E-state index in [1.165, 1.54) is 0 Å². The zero-order chi connectivity index (χ0) is 0. The van der Waals surface area contributed by atoms with Crippen LogP contribution in [0.4, 0.5) is 0 Å². The van der Waals surface area contributed by atoms with E-state index in [-0.39, 0.29) is 112 Å². The molecule has 0 aliphatic heterocycles. The van der Waals surface area contributed by atoms with Crippen molar-refractivity contribution in [1.82, 2.24) is 0 Å². The predicted octanol–water partition coefficient (Wildman–Crippen LogP) is -9.03. The summed E-state index contributed by atoms with van der Waals surface area (Å²) in [5, 5.41) is 0. The molecule has 0 aromatic carbocycles. The van der Waals surface area contributed by atoms with Crippen molar-refractivity contribution in [3.63, 3.8) is 0 Å². The Bertz CT molecular complexity index is 14.9. The molecule has 3 radical (unpaired) electrons. The van der Waals surface area contributed by atoms with Crippen molar-refractivity contribution >= 4 is 8.41 Å². The summed E-state index contributed by atoms with van der Waals surface area (Å²) >= 11 is 0. The van der Waals surface area contributed by atoms with Gasteiger partial charge in [-0.15, -0.1) is 0 Å². The summed E-state index contributed by atoms with van der Waals surface area (Å²) in [6.45, 7) is 0. The molecule has 0 saturated carbocycles. The Balaban J connectivity index is 0. The van der Waals surface area contributed by atoms with Crippen LogP contribution in [0.2, 0.25) is 0 Å². The van der Waals surface area contributed by atoms with Gasteiger partial charge in [-0.25, -0.2) is 0 Å². The molecule has 0 bridgehead atoms. The van der Waals surface area contributed by atoms with Crippen molar-refractivity contribution in [2.75, 3.05) is 0 Å². The van der Waals surface area contributed by atoms with Crippen LogP contribution in [0.1, 0.15) is 4.28 Å². The van der Waals surface area contributed by atoms with Crippen LogP contribution in [-0.2, 0) is 0 Å². The van der Waals surface area contributed by atoms with Gasteiger partial charge >= 0.3 is 99.8 Å². The van der Waals surface area contributed by atoms with Gasteiger partial charge in [0.05, 0.1) is 0 Å². The largest absolute Gasteiger partial charge is 1.00 e. The van der Waals surface area contributed by atoms with E-state index < -0.39 is 0 Å². The Morgan fingerprint density at radius 2 is 1.25 bits per heavy atom. The van der Waals surface area contributed by atoms with E-state index in [9.17, 15) is 0 Å². The predicted molar refractivity (Wildman–Crippen MR) is 9.09 cm³/mol. The van der Waals surface area contributed by atoms with E-state index in [1.807, 2.05) is 0 Å². The first kappa shape index (κ1) is 26.6. The summed E-state index contributed by atoms with van der Waals surface area (Å²) in [4.78, 5) is 0. The number of hydrogen-bond donors (Lipinski definition) is 0. The molecular formula is H3BKLiNa. The molecule has 0 aliphatic rings. The first-order valence-electron chi connectivity index (χ1n) is 0. The van der Waals surface area contributed by atoms with Gasteiger partial charge in [-0.3, -0.25) is 0 Å². The summed E-state index contributed by atoms with van der Waals surface area (Å²) in [5.74, 6) is 0. The van der Waals surface area contributed by atoms with Crippen LogP contribution in [0.15, 0.2) is 0 Å². The molecule has 0 spiro atoms. The van der Waals surface area contributed by atoms with Gasteiger partial charge in [0.15, 0.2) is 0 Å². The first-order valence-corrected chi connectivity index (χ1v) is 0. The fourth-order valence-corrected chi connectivity index (χ4v) is 0. The Morgan fingerprint density at radius 3 is 1.25 bits per heavy atom. The third-order valence-corrected chi connectivity index (χ3v) is 0. The molecule has 0 amide bonds. The molecule has 0 unspecified atom stereocenters. The molecule has 0 heterocycles. The Labute approximate surface area is 110 Å². The van der Waals surface area contributed by atoms with Gasteiger partial charge in [0.25, 0.3) is 0 Å². The second-order valence-corrected chi connectivity index (χ2v) is 0. The third kappa shape index (κ3) is 9.00. The van der Waals surface area contributed by atoms with Crippen LogP contribution in [0.25, 0.3) is 0 Å². The molecule has 0 rings (SSSR count). The van der Waals surface area contributed by atoms with Gasteiger partial charge in [0.1, 0.15) is 0 Å². The molecule has 4 heavy (non-hydrogen) atoms. The normalized spacial score (nSPS) is 0. The molecular weight excluding hydrogens is 79.8 g/mol. The van der Waals surface area contributed by atoms with E-state index in [4.69, 9.17) is 0 Å². The molecule has 0 saturated heterocycles. The van der Waals surface area contributed by atoms with Crippen molar-refractivity contribution < 1.29 is 104 Å². The quantitative estimate of drug-likeness (QED) is 0.255. The van der Waals surface area contributed by atoms with E-state index in [0.717, 1.165) is 0 Å². The van der Waals surface area contributed by atoms with Crippen molar-refractivity contribution in [2.24, 2.45) is 0 Å². The van der Waals surface area contributed by atoms with E-state index in [2.05, 4.69) is 0 Å². The van der Waals surface area contributed by atoms with Crippen LogP contribution >= 0.6 is 0 Å². The first-order chi connectivity index (χ1) is 0. The summed E-state index contributed by atoms with van der Waals surface area (Å²) in [6.07, 6.45) is 0. The van der Waals surface area contributed by atoms with Crippen LogP contribution in [-0.4, -0.2) is 8.41 Å². The average Bonchev–Trinajstić information content (AvgIpc) is 0. The minimum atomic E-state index is 0. The molecule has 0 atom stereocenters. The third-order valence-electron chi connectivity index (χ3n) is 0. The molecule has 9 valence electrons. The van der Waals surface area contributed by atoms with Gasteiger partial charge in [0.2, 0.25) is 0 Å². The second-order valence-electron chi connectivity index (χ2n) is 0. The van der Waals surface area contributed by atoms with Gasteiger partial charge in [-0.05, 0) is 0 Å². The SMILES string of the molecule is [B].[H-].[H-].[H-].[K+].[Li+].[Na+]. The molecule has 0 fully saturated rings. The smallest absolute Gasteiger partial charge is 1.00 e. The average molecular weight is 82.9 g/mol. The van der Waals surface area contributed by atoms with Gasteiger partial charge < -0.3 is 4.28 Å². The molecule has 0 aromatic heterocycles. The summed E-state index contributed by atoms with van der Waals surface area (Å²) in [5.41, 5.74) is 0. The second kappa shape index (κ2) is 16.3. The van der Waals surface area contributed by atoms with Crippen LogP contribution < -0.4 is 99.8 Å². The fraction of sp³-hybridized carbons (Fsp3) is 0. The summed E-state index contributed by atoms with van der Waals surface area (Å²) in [6, 6.07) is 0. The topological polar surface area (TPSA) is 0 Å². The number of rotatable bonds is 0. The van der Waals surface area contributed by atoms with Gasteiger partial charge in [-0.2, -0.15) is 0 Å². The zero-order valence-corrected chi connectivity index (χ0v) is 8.70. The minimum Gasteiger partial charge on any atom is -1.00 e. The van der Waals surface area contributed by atoms with E-state index in [0.29, 0.717) is 0 Å². The minimum absolute atomic E-state index is 0. The summed E-state index contributed by atoms with van der Waals surface area (Å²) < 4.78 is 0. The van der Waals surface area contributed by atoms with Crippen LogP contribution in [0, 0.1) is 0 Å². The maximum absolute atomic E-state index is 0. The van der Waals surface area contributed by atoms with Crippen LogP contribution in [0.3, 0.4) is 0 Å². The Kier molecular flexibility index (Phi) is 108. The standard InChI is InChI=1S/B.K.Li.Na.3H/q;3*+1;3*-1. The van der Waals surface area contributed by atoms with Crippen molar-refractivity contribution in [3.05, 3.63) is 0 Å². The molecule has 0 aromatic rings. The molecule has 0 nitrogen and oxygen atoms in total. The van der Waals surface area contributed by atoms with Gasteiger partial charge in [-0.1, -0.05) is 0 Å². The van der Waals surface area contributed by atoms with Crippen molar-refractivity contribution in [1.29, 1.82) is 0 Å². The Hall–Kier alpha value is 3.30. The van der Waals surface area contributed by atoms with Crippen molar-refractivity contribution in [3.8, 4) is 0 Å². The Morgan fingerprint density at radius 1 is 1.25 bits per heavy atom.